The van der Waals surface area contributed by atoms with Gasteiger partial charge in [-0.1, -0.05) is 44.2 Å². The van der Waals surface area contributed by atoms with Gasteiger partial charge in [0.25, 0.3) is 0 Å². The SMILES string of the molecule is CC(C)CNCC(c1ccccc1)n1cncn1. The van der Waals surface area contributed by atoms with E-state index in [4.69, 9.17) is 0 Å². The van der Waals surface area contributed by atoms with Crippen LogP contribution in [0.2, 0.25) is 0 Å². The summed E-state index contributed by atoms with van der Waals surface area (Å²) in [4.78, 5) is 4.04. The van der Waals surface area contributed by atoms with Crippen molar-refractivity contribution in [3.63, 3.8) is 0 Å². The minimum Gasteiger partial charge on any atom is -0.314 e. The molecule has 0 radical (unpaired) electrons. The molecule has 4 heteroatoms. The van der Waals surface area contributed by atoms with Crippen LogP contribution in [0.3, 0.4) is 0 Å². The molecule has 0 saturated heterocycles. The van der Waals surface area contributed by atoms with E-state index in [0.29, 0.717) is 5.92 Å². The predicted molar refractivity (Wildman–Crippen MR) is 72.3 cm³/mol. The Labute approximate surface area is 108 Å². The average molecular weight is 244 g/mol. The first-order valence-electron chi connectivity index (χ1n) is 6.37. The van der Waals surface area contributed by atoms with Crippen molar-refractivity contribution in [2.24, 2.45) is 5.92 Å². The highest BCUT2D eigenvalue weighted by Gasteiger charge is 2.13. The maximum atomic E-state index is 4.26. The third-order valence-corrected chi connectivity index (χ3v) is 2.83. The van der Waals surface area contributed by atoms with E-state index in [0.717, 1.165) is 13.1 Å². The Kier molecular flexibility index (Phi) is 4.47. The van der Waals surface area contributed by atoms with Gasteiger partial charge in [0.2, 0.25) is 0 Å². The number of benzene rings is 1. The van der Waals surface area contributed by atoms with Crippen molar-refractivity contribution in [3.05, 3.63) is 48.5 Å². The van der Waals surface area contributed by atoms with Crippen LogP contribution >= 0.6 is 0 Å². The number of nitrogens with zero attached hydrogens (tertiary/aromatic N) is 3. The van der Waals surface area contributed by atoms with Crippen molar-refractivity contribution >= 4 is 0 Å². The second kappa shape index (κ2) is 6.31. The number of rotatable bonds is 6. The summed E-state index contributed by atoms with van der Waals surface area (Å²) in [6.45, 7) is 6.30. The summed E-state index contributed by atoms with van der Waals surface area (Å²) in [5.41, 5.74) is 1.25. The lowest BCUT2D eigenvalue weighted by Gasteiger charge is -2.19. The van der Waals surface area contributed by atoms with Crippen molar-refractivity contribution in [1.82, 2.24) is 20.1 Å². The van der Waals surface area contributed by atoms with Gasteiger partial charge in [0.1, 0.15) is 12.7 Å². The number of hydrogen-bond acceptors (Lipinski definition) is 3. The molecule has 1 heterocycles. The fourth-order valence-electron chi connectivity index (χ4n) is 1.93. The third-order valence-electron chi connectivity index (χ3n) is 2.83. The monoisotopic (exact) mass is 244 g/mol. The van der Waals surface area contributed by atoms with Gasteiger partial charge in [-0.05, 0) is 18.0 Å². The molecule has 0 aliphatic rings. The molecule has 0 fully saturated rings. The molecule has 0 amide bonds. The Hall–Kier alpha value is -1.68. The zero-order valence-corrected chi connectivity index (χ0v) is 11.0. The molecule has 1 N–H and O–H groups in total. The molecular formula is C14H20N4. The average Bonchev–Trinajstić information content (AvgIpc) is 2.89. The lowest BCUT2D eigenvalue weighted by molar-refractivity contribution is 0.455. The molecule has 4 nitrogen and oxygen atoms in total. The molecule has 0 aliphatic carbocycles. The number of aromatic nitrogens is 3. The Morgan fingerprint density at radius 3 is 2.56 bits per heavy atom. The van der Waals surface area contributed by atoms with Crippen LogP contribution in [0.1, 0.15) is 25.5 Å². The largest absolute Gasteiger partial charge is 0.314 e. The Bertz CT molecular complexity index is 436. The molecule has 0 bridgehead atoms. The molecule has 0 saturated carbocycles. The normalized spacial score (nSPS) is 12.8. The maximum Gasteiger partial charge on any atom is 0.137 e. The van der Waals surface area contributed by atoms with Crippen LogP contribution in [0.4, 0.5) is 0 Å². The predicted octanol–water partition coefficient (Wildman–Crippen LogP) is 2.11. The van der Waals surface area contributed by atoms with Gasteiger partial charge in [0, 0.05) is 6.54 Å². The van der Waals surface area contributed by atoms with Crippen LogP contribution in [-0.4, -0.2) is 27.9 Å². The zero-order valence-electron chi connectivity index (χ0n) is 11.0. The van der Waals surface area contributed by atoms with Gasteiger partial charge in [-0.3, -0.25) is 0 Å². The smallest absolute Gasteiger partial charge is 0.137 e. The van der Waals surface area contributed by atoms with E-state index in [1.54, 1.807) is 12.7 Å². The molecule has 1 atom stereocenters. The van der Waals surface area contributed by atoms with Gasteiger partial charge in [-0.2, -0.15) is 5.10 Å². The highest BCUT2D eigenvalue weighted by Crippen LogP contribution is 2.15. The van der Waals surface area contributed by atoms with Gasteiger partial charge in [0.15, 0.2) is 0 Å². The fraction of sp³-hybridized carbons (Fsp3) is 0.429. The first kappa shape index (κ1) is 12.8. The first-order valence-corrected chi connectivity index (χ1v) is 6.37. The minimum absolute atomic E-state index is 0.201. The number of nitrogens with one attached hydrogen (secondary N) is 1. The van der Waals surface area contributed by atoms with E-state index in [9.17, 15) is 0 Å². The van der Waals surface area contributed by atoms with E-state index in [-0.39, 0.29) is 6.04 Å². The molecule has 18 heavy (non-hydrogen) atoms. The third kappa shape index (κ3) is 3.40. The summed E-state index contributed by atoms with van der Waals surface area (Å²) in [5.74, 6) is 0.650. The van der Waals surface area contributed by atoms with Crippen LogP contribution < -0.4 is 5.32 Å². The molecule has 2 rings (SSSR count). The van der Waals surface area contributed by atoms with E-state index >= 15 is 0 Å². The topological polar surface area (TPSA) is 42.7 Å². The standard InChI is InChI=1S/C14H20N4/c1-12(2)8-15-9-14(18-11-16-10-17-18)13-6-4-3-5-7-13/h3-7,10-12,14-15H,8-9H2,1-2H3. The molecule has 1 aromatic carbocycles. The zero-order chi connectivity index (χ0) is 12.8. The van der Waals surface area contributed by atoms with Gasteiger partial charge < -0.3 is 5.32 Å². The number of hydrogen-bond donors (Lipinski definition) is 1. The van der Waals surface area contributed by atoms with Crippen molar-refractivity contribution in [3.8, 4) is 0 Å². The Balaban J connectivity index is 2.09. The van der Waals surface area contributed by atoms with Crippen LogP contribution in [0.15, 0.2) is 43.0 Å². The summed E-state index contributed by atoms with van der Waals surface area (Å²) in [6.07, 6.45) is 3.35. The molecule has 2 aromatic rings. The van der Waals surface area contributed by atoms with Crippen LogP contribution in [0, 0.1) is 5.92 Å². The van der Waals surface area contributed by atoms with Crippen LogP contribution in [-0.2, 0) is 0 Å². The van der Waals surface area contributed by atoms with Crippen LogP contribution in [0.5, 0.6) is 0 Å². The first-order chi connectivity index (χ1) is 8.77. The summed E-state index contributed by atoms with van der Waals surface area (Å²) >= 11 is 0. The van der Waals surface area contributed by atoms with Gasteiger partial charge in [0.05, 0.1) is 6.04 Å². The molecule has 1 aromatic heterocycles. The Morgan fingerprint density at radius 1 is 1.17 bits per heavy atom. The van der Waals surface area contributed by atoms with Crippen molar-refractivity contribution in [2.45, 2.75) is 19.9 Å². The molecule has 1 unspecified atom stereocenters. The van der Waals surface area contributed by atoms with Gasteiger partial charge in [-0.25, -0.2) is 9.67 Å². The van der Waals surface area contributed by atoms with Crippen molar-refractivity contribution in [1.29, 1.82) is 0 Å². The summed E-state index contributed by atoms with van der Waals surface area (Å²) in [5, 5.41) is 7.74. The lowest BCUT2D eigenvalue weighted by atomic mass is 10.1. The van der Waals surface area contributed by atoms with E-state index in [1.807, 2.05) is 10.7 Å². The van der Waals surface area contributed by atoms with E-state index in [2.05, 4.69) is 53.5 Å². The van der Waals surface area contributed by atoms with Crippen LogP contribution in [0.25, 0.3) is 0 Å². The van der Waals surface area contributed by atoms with Crippen molar-refractivity contribution in [2.75, 3.05) is 13.1 Å². The highest BCUT2D eigenvalue weighted by atomic mass is 15.3. The van der Waals surface area contributed by atoms with E-state index < -0.39 is 0 Å². The quantitative estimate of drug-likeness (QED) is 0.846. The summed E-state index contributed by atoms with van der Waals surface area (Å²) in [7, 11) is 0. The maximum absolute atomic E-state index is 4.26. The second-order valence-electron chi connectivity index (χ2n) is 4.85. The molecule has 0 aliphatic heterocycles. The van der Waals surface area contributed by atoms with Gasteiger partial charge >= 0.3 is 0 Å². The van der Waals surface area contributed by atoms with E-state index in [1.165, 1.54) is 5.56 Å². The summed E-state index contributed by atoms with van der Waals surface area (Å²) < 4.78 is 1.91. The summed E-state index contributed by atoms with van der Waals surface area (Å²) in [6, 6.07) is 10.6. The Morgan fingerprint density at radius 2 is 1.94 bits per heavy atom. The molecular weight excluding hydrogens is 224 g/mol. The lowest BCUT2D eigenvalue weighted by Crippen LogP contribution is -2.29. The van der Waals surface area contributed by atoms with Gasteiger partial charge in [-0.15, -0.1) is 0 Å². The minimum atomic E-state index is 0.201. The molecule has 96 valence electrons. The molecule has 0 spiro atoms. The second-order valence-corrected chi connectivity index (χ2v) is 4.85. The highest BCUT2D eigenvalue weighted by molar-refractivity contribution is 5.19. The van der Waals surface area contributed by atoms with Crippen molar-refractivity contribution < 1.29 is 0 Å². The fourth-order valence-corrected chi connectivity index (χ4v) is 1.93.